The van der Waals surface area contributed by atoms with Crippen molar-refractivity contribution in [3.05, 3.63) is 63.7 Å². The van der Waals surface area contributed by atoms with E-state index in [1.165, 1.54) is 21.7 Å². The van der Waals surface area contributed by atoms with E-state index in [1.54, 1.807) is 17.4 Å². The van der Waals surface area contributed by atoms with Crippen molar-refractivity contribution in [3.8, 4) is 0 Å². The van der Waals surface area contributed by atoms with Crippen LogP contribution >= 0.6 is 27.3 Å². The van der Waals surface area contributed by atoms with E-state index in [9.17, 15) is 4.39 Å². The summed E-state index contributed by atoms with van der Waals surface area (Å²) in [6, 6.07) is 13.2. The molecule has 0 aliphatic carbocycles. The molecular weight excluding hydrogens is 325 g/mol. The molecule has 0 unspecified atom stereocenters. The summed E-state index contributed by atoms with van der Waals surface area (Å²) in [6.45, 7) is 0.615. The lowest BCUT2D eigenvalue weighted by molar-refractivity contribution is 0.629. The first kappa shape index (κ1) is 12.6. The van der Waals surface area contributed by atoms with E-state index in [0.29, 0.717) is 12.2 Å². The summed E-state index contributed by atoms with van der Waals surface area (Å²) in [5.41, 5.74) is 1.70. The van der Waals surface area contributed by atoms with Gasteiger partial charge in [-0.25, -0.2) is 4.39 Å². The number of hydrogen-bond donors (Lipinski definition) is 1. The molecule has 0 aliphatic heterocycles. The van der Waals surface area contributed by atoms with Crippen LogP contribution in [0.5, 0.6) is 0 Å². The Balaban J connectivity index is 1.87. The lowest BCUT2D eigenvalue weighted by atomic mass is 10.2. The second-order valence-electron chi connectivity index (χ2n) is 4.21. The van der Waals surface area contributed by atoms with Crippen LogP contribution in [0.3, 0.4) is 0 Å². The van der Waals surface area contributed by atoms with Gasteiger partial charge in [-0.1, -0.05) is 24.3 Å². The van der Waals surface area contributed by atoms with Gasteiger partial charge < -0.3 is 5.32 Å². The molecule has 2 aromatic carbocycles. The fourth-order valence-electron chi connectivity index (χ4n) is 2.02. The number of para-hydroxylation sites is 1. The Morgan fingerprint density at radius 1 is 1.11 bits per heavy atom. The first-order valence-electron chi connectivity index (χ1n) is 5.88. The molecule has 0 aliphatic rings. The van der Waals surface area contributed by atoms with Crippen LogP contribution in [0.15, 0.2) is 52.3 Å². The predicted molar refractivity (Wildman–Crippen MR) is 83.3 cm³/mol. The zero-order valence-electron chi connectivity index (χ0n) is 9.99. The largest absolute Gasteiger partial charge is 0.378 e. The van der Waals surface area contributed by atoms with Gasteiger partial charge in [-0.05, 0) is 50.5 Å². The molecule has 0 bridgehead atoms. The number of rotatable bonds is 3. The zero-order chi connectivity index (χ0) is 13.2. The molecule has 0 saturated heterocycles. The van der Waals surface area contributed by atoms with Gasteiger partial charge in [-0.3, -0.25) is 0 Å². The van der Waals surface area contributed by atoms with Gasteiger partial charge in [0.1, 0.15) is 5.82 Å². The van der Waals surface area contributed by atoms with Crippen LogP contribution in [0.2, 0.25) is 0 Å². The zero-order valence-corrected chi connectivity index (χ0v) is 12.4. The molecule has 4 heteroatoms. The van der Waals surface area contributed by atoms with Crippen LogP contribution in [0.4, 0.5) is 10.1 Å². The van der Waals surface area contributed by atoms with E-state index in [4.69, 9.17) is 0 Å². The third-order valence-corrected chi connectivity index (χ3v) is 4.65. The predicted octanol–water partition coefficient (Wildman–Crippen LogP) is 5.42. The highest BCUT2D eigenvalue weighted by molar-refractivity contribution is 9.10. The van der Waals surface area contributed by atoms with Crippen LogP contribution in [0.1, 0.15) is 5.56 Å². The second-order valence-corrected chi connectivity index (χ2v) is 5.97. The van der Waals surface area contributed by atoms with Crippen LogP contribution < -0.4 is 5.32 Å². The maximum absolute atomic E-state index is 13.7. The van der Waals surface area contributed by atoms with Crippen LogP contribution in [-0.4, -0.2) is 0 Å². The molecule has 0 radical (unpaired) electrons. The summed E-state index contributed by atoms with van der Waals surface area (Å²) < 4.78 is 15.7. The van der Waals surface area contributed by atoms with E-state index < -0.39 is 0 Å². The van der Waals surface area contributed by atoms with Crippen molar-refractivity contribution in [2.24, 2.45) is 0 Å². The van der Waals surface area contributed by atoms with E-state index in [-0.39, 0.29) is 5.82 Å². The lowest BCUT2D eigenvalue weighted by Crippen LogP contribution is -2.01. The van der Waals surface area contributed by atoms with Crippen molar-refractivity contribution in [1.82, 2.24) is 0 Å². The molecule has 3 aromatic rings. The van der Waals surface area contributed by atoms with Gasteiger partial charge in [0, 0.05) is 15.7 Å². The van der Waals surface area contributed by atoms with Gasteiger partial charge >= 0.3 is 0 Å². The standard InChI is InChI=1S/C15H11BrFNS/c16-12-5-3-6-13(17)15(12)18-8-10-9-19-14-7-2-1-4-11(10)14/h1-7,9,18H,8H2. The molecule has 0 fully saturated rings. The molecule has 0 spiro atoms. The first-order valence-corrected chi connectivity index (χ1v) is 7.56. The minimum atomic E-state index is -0.242. The summed E-state index contributed by atoms with van der Waals surface area (Å²) >= 11 is 5.07. The Hall–Kier alpha value is -1.39. The van der Waals surface area contributed by atoms with Gasteiger partial charge in [-0.2, -0.15) is 0 Å². The van der Waals surface area contributed by atoms with Crippen LogP contribution in [0, 0.1) is 5.82 Å². The summed E-state index contributed by atoms with van der Waals surface area (Å²) in [4.78, 5) is 0. The highest BCUT2D eigenvalue weighted by Gasteiger charge is 2.08. The number of thiophene rings is 1. The number of benzene rings is 2. The lowest BCUT2D eigenvalue weighted by Gasteiger charge is -2.09. The Morgan fingerprint density at radius 2 is 1.95 bits per heavy atom. The van der Waals surface area contributed by atoms with E-state index in [1.807, 2.05) is 18.2 Å². The summed E-state index contributed by atoms with van der Waals surface area (Å²) in [7, 11) is 0. The molecule has 0 saturated carbocycles. The molecule has 1 N–H and O–H groups in total. The minimum Gasteiger partial charge on any atom is -0.378 e. The summed E-state index contributed by atoms with van der Waals surface area (Å²) in [5, 5.41) is 6.51. The van der Waals surface area contributed by atoms with E-state index in [0.717, 1.165) is 4.47 Å². The summed E-state index contributed by atoms with van der Waals surface area (Å²) in [5.74, 6) is -0.242. The maximum atomic E-state index is 13.7. The smallest absolute Gasteiger partial charge is 0.147 e. The minimum absolute atomic E-state index is 0.242. The normalized spacial score (nSPS) is 10.8. The molecule has 1 heterocycles. The van der Waals surface area contributed by atoms with Crippen molar-refractivity contribution in [1.29, 1.82) is 0 Å². The molecule has 96 valence electrons. The van der Waals surface area contributed by atoms with Gasteiger partial charge in [0.15, 0.2) is 0 Å². The molecule has 3 rings (SSSR count). The highest BCUT2D eigenvalue weighted by Crippen LogP contribution is 2.29. The van der Waals surface area contributed by atoms with Gasteiger partial charge in [0.2, 0.25) is 0 Å². The fourth-order valence-corrected chi connectivity index (χ4v) is 3.46. The third kappa shape index (κ3) is 2.51. The number of halogens is 2. The molecular formula is C15H11BrFNS. The number of nitrogens with one attached hydrogen (secondary N) is 1. The molecule has 1 aromatic heterocycles. The summed E-state index contributed by atoms with van der Waals surface area (Å²) in [6.07, 6.45) is 0. The van der Waals surface area contributed by atoms with E-state index in [2.05, 4.69) is 38.8 Å². The average molecular weight is 336 g/mol. The molecule has 19 heavy (non-hydrogen) atoms. The molecule has 0 amide bonds. The highest BCUT2D eigenvalue weighted by atomic mass is 79.9. The van der Waals surface area contributed by atoms with Crippen LogP contribution in [-0.2, 0) is 6.54 Å². The Bertz CT molecular complexity index is 703. The number of fused-ring (bicyclic) bond motifs is 1. The van der Waals surface area contributed by atoms with Crippen molar-refractivity contribution in [2.45, 2.75) is 6.54 Å². The monoisotopic (exact) mass is 335 g/mol. The number of hydrogen-bond acceptors (Lipinski definition) is 2. The van der Waals surface area contributed by atoms with Crippen molar-refractivity contribution < 1.29 is 4.39 Å². The fraction of sp³-hybridized carbons (Fsp3) is 0.0667. The van der Waals surface area contributed by atoms with Crippen LogP contribution in [0.25, 0.3) is 10.1 Å². The third-order valence-electron chi connectivity index (χ3n) is 2.98. The first-order chi connectivity index (χ1) is 9.25. The Morgan fingerprint density at radius 3 is 2.79 bits per heavy atom. The Kier molecular flexibility index (Phi) is 3.53. The van der Waals surface area contributed by atoms with Gasteiger partial charge in [0.25, 0.3) is 0 Å². The second kappa shape index (κ2) is 5.31. The quantitative estimate of drug-likeness (QED) is 0.674. The SMILES string of the molecule is Fc1cccc(Br)c1NCc1csc2ccccc12. The number of anilines is 1. The van der Waals surface area contributed by atoms with Crippen molar-refractivity contribution in [2.75, 3.05) is 5.32 Å². The maximum Gasteiger partial charge on any atom is 0.147 e. The van der Waals surface area contributed by atoms with Crippen molar-refractivity contribution >= 4 is 43.0 Å². The van der Waals surface area contributed by atoms with Crippen molar-refractivity contribution in [3.63, 3.8) is 0 Å². The average Bonchev–Trinajstić information content (AvgIpc) is 2.82. The topological polar surface area (TPSA) is 12.0 Å². The molecule has 1 nitrogen and oxygen atoms in total. The van der Waals surface area contributed by atoms with Gasteiger partial charge in [-0.15, -0.1) is 11.3 Å². The molecule has 0 atom stereocenters. The van der Waals surface area contributed by atoms with Gasteiger partial charge in [0.05, 0.1) is 5.69 Å². The van der Waals surface area contributed by atoms with E-state index >= 15 is 0 Å². The Labute approximate surface area is 123 Å².